The predicted molar refractivity (Wildman–Crippen MR) is 86.6 cm³/mol. The molecule has 0 saturated carbocycles. The second-order valence-corrected chi connectivity index (χ2v) is 5.37. The van der Waals surface area contributed by atoms with Crippen LogP contribution in [0.15, 0.2) is 36.7 Å². The molecule has 2 rings (SSSR count). The second kappa shape index (κ2) is 7.00. The summed E-state index contributed by atoms with van der Waals surface area (Å²) < 4.78 is 0. The normalized spacial score (nSPS) is 12.2. The van der Waals surface area contributed by atoms with Crippen LogP contribution in [0.2, 0.25) is 0 Å². The van der Waals surface area contributed by atoms with Gasteiger partial charge in [0.05, 0.1) is 18.4 Å². The van der Waals surface area contributed by atoms with E-state index in [-0.39, 0.29) is 11.7 Å². The topological polar surface area (TPSA) is 84.1 Å². The van der Waals surface area contributed by atoms with Gasteiger partial charge in [-0.1, -0.05) is 24.3 Å². The number of nitrogens with zero attached hydrogens (tertiary/aromatic N) is 3. The number of amides is 1. The monoisotopic (exact) mass is 299 g/mol. The van der Waals surface area contributed by atoms with Gasteiger partial charge in [-0.2, -0.15) is 0 Å². The van der Waals surface area contributed by atoms with Gasteiger partial charge in [-0.25, -0.2) is 4.98 Å². The van der Waals surface area contributed by atoms with Crippen molar-refractivity contribution in [3.8, 4) is 0 Å². The smallest absolute Gasteiger partial charge is 0.268 e. The third-order valence-electron chi connectivity index (χ3n) is 3.53. The highest BCUT2D eigenvalue weighted by molar-refractivity contribution is 5.90. The fourth-order valence-corrected chi connectivity index (χ4v) is 2.30. The van der Waals surface area contributed by atoms with Crippen molar-refractivity contribution in [3.63, 3.8) is 0 Å². The number of carbonyl (C=O) groups is 1. The molecular formula is C16H21N5O. The molecule has 0 aliphatic carbocycles. The molecule has 1 aromatic heterocycles. The molecule has 1 heterocycles. The van der Waals surface area contributed by atoms with Crippen LogP contribution in [0.5, 0.6) is 0 Å². The van der Waals surface area contributed by atoms with Gasteiger partial charge in [-0.3, -0.25) is 9.78 Å². The second-order valence-electron chi connectivity index (χ2n) is 5.37. The molecule has 6 heteroatoms. The maximum atomic E-state index is 11.1. The Morgan fingerprint density at radius 3 is 2.68 bits per heavy atom. The number of aryl methyl sites for hydroxylation is 1. The van der Waals surface area contributed by atoms with Crippen molar-refractivity contribution in [2.75, 3.05) is 26.0 Å². The van der Waals surface area contributed by atoms with E-state index in [0.29, 0.717) is 12.4 Å². The molecule has 1 atom stereocenters. The maximum Gasteiger partial charge on any atom is 0.268 e. The van der Waals surface area contributed by atoms with Crippen molar-refractivity contribution in [1.29, 1.82) is 0 Å². The molecule has 0 spiro atoms. The SMILES string of the molecule is Cc1ccccc1C(CNc1cncc(C(N)=O)n1)N(C)C. The van der Waals surface area contributed by atoms with Crippen molar-refractivity contribution in [1.82, 2.24) is 14.9 Å². The Morgan fingerprint density at radius 2 is 2.05 bits per heavy atom. The van der Waals surface area contributed by atoms with Gasteiger partial charge in [-0.05, 0) is 32.1 Å². The Balaban J connectivity index is 2.15. The lowest BCUT2D eigenvalue weighted by atomic mass is 10.0. The highest BCUT2D eigenvalue weighted by Crippen LogP contribution is 2.22. The number of aromatic nitrogens is 2. The molecule has 0 aliphatic rings. The van der Waals surface area contributed by atoms with E-state index in [2.05, 4.69) is 39.2 Å². The number of likely N-dealkylation sites (N-methyl/N-ethyl adjacent to an activating group) is 1. The van der Waals surface area contributed by atoms with Gasteiger partial charge in [0, 0.05) is 6.54 Å². The van der Waals surface area contributed by atoms with Crippen LogP contribution in [0, 0.1) is 6.92 Å². The van der Waals surface area contributed by atoms with E-state index < -0.39 is 5.91 Å². The number of primary amides is 1. The minimum atomic E-state index is -0.584. The summed E-state index contributed by atoms with van der Waals surface area (Å²) in [7, 11) is 4.06. The highest BCUT2D eigenvalue weighted by atomic mass is 16.1. The lowest BCUT2D eigenvalue weighted by Gasteiger charge is -2.26. The average Bonchev–Trinajstić information content (AvgIpc) is 2.49. The lowest BCUT2D eigenvalue weighted by Crippen LogP contribution is -2.28. The number of hydrogen-bond acceptors (Lipinski definition) is 5. The Hall–Kier alpha value is -2.47. The molecule has 3 N–H and O–H groups in total. The fourth-order valence-electron chi connectivity index (χ4n) is 2.30. The summed E-state index contributed by atoms with van der Waals surface area (Å²) in [6.45, 7) is 2.74. The molecule has 1 unspecified atom stereocenters. The van der Waals surface area contributed by atoms with Crippen molar-refractivity contribution < 1.29 is 4.79 Å². The van der Waals surface area contributed by atoms with Crippen LogP contribution in [0.4, 0.5) is 5.82 Å². The van der Waals surface area contributed by atoms with E-state index in [1.54, 1.807) is 6.20 Å². The number of benzene rings is 1. The first kappa shape index (κ1) is 15.9. The molecule has 0 saturated heterocycles. The van der Waals surface area contributed by atoms with E-state index in [9.17, 15) is 4.79 Å². The van der Waals surface area contributed by atoms with Crippen molar-refractivity contribution in [3.05, 3.63) is 53.5 Å². The molecule has 0 radical (unpaired) electrons. The molecule has 2 aromatic rings. The molecule has 1 aromatic carbocycles. The van der Waals surface area contributed by atoms with Crippen LogP contribution >= 0.6 is 0 Å². The van der Waals surface area contributed by atoms with Gasteiger partial charge in [0.1, 0.15) is 11.5 Å². The standard InChI is InChI=1S/C16H21N5O/c1-11-6-4-5-7-12(11)14(21(2)3)9-19-15-10-18-8-13(20-15)16(17)22/h4-8,10,14H,9H2,1-3H3,(H2,17,22)(H,19,20). The van der Waals surface area contributed by atoms with Gasteiger partial charge >= 0.3 is 0 Å². The molecule has 22 heavy (non-hydrogen) atoms. The first-order valence-electron chi connectivity index (χ1n) is 7.06. The zero-order valence-electron chi connectivity index (χ0n) is 13.1. The molecule has 0 fully saturated rings. The first-order valence-corrected chi connectivity index (χ1v) is 7.06. The highest BCUT2D eigenvalue weighted by Gasteiger charge is 2.16. The van der Waals surface area contributed by atoms with Crippen LogP contribution in [-0.2, 0) is 0 Å². The van der Waals surface area contributed by atoms with Gasteiger partial charge in [-0.15, -0.1) is 0 Å². The Bertz CT molecular complexity index is 656. The van der Waals surface area contributed by atoms with Crippen LogP contribution in [0.25, 0.3) is 0 Å². The van der Waals surface area contributed by atoms with Gasteiger partial charge in [0.2, 0.25) is 0 Å². The predicted octanol–water partition coefficient (Wildman–Crippen LogP) is 1.60. The van der Waals surface area contributed by atoms with Gasteiger partial charge < -0.3 is 16.0 Å². The number of anilines is 1. The van der Waals surface area contributed by atoms with E-state index in [4.69, 9.17) is 5.73 Å². The first-order chi connectivity index (χ1) is 10.5. The van der Waals surface area contributed by atoms with Gasteiger partial charge in [0.25, 0.3) is 5.91 Å². The molecule has 1 amide bonds. The number of nitrogens with two attached hydrogens (primary N) is 1. The zero-order valence-corrected chi connectivity index (χ0v) is 13.1. The molecule has 0 aliphatic heterocycles. The lowest BCUT2D eigenvalue weighted by molar-refractivity contribution is 0.0995. The Kier molecular flexibility index (Phi) is 5.06. The summed E-state index contributed by atoms with van der Waals surface area (Å²) in [6, 6.07) is 8.46. The summed E-state index contributed by atoms with van der Waals surface area (Å²) in [5, 5.41) is 3.22. The molecular weight excluding hydrogens is 278 g/mol. The number of rotatable bonds is 6. The molecule has 6 nitrogen and oxygen atoms in total. The van der Waals surface area contributed by atoms with Crippen LogP contribution in [0.1, 0.15) is 27.7 Å². The quantitative estimate of drug-likeness (QED) is 0.846. The Morgan fingerprint density at radius 1 is 1.32 bits per heavy atom. The van der Waals surface area contributed by atoms with Crippen molar-refractivity contribution >= 4 is 11.7 Å². The molecule has 116 valence electrons. The summed E-state index contributed by atoms with van der Waals surface area (Å²) in [5.74, 6) is -0.0454. The van der Waals surface area contributed by atoms with Gasteiger partial charge in [0.15, 0.2) is 0 Å². The third-order valence-corrected chi connectivity index (χ3v) is 3.53. The number of carbonyl (C=O) groups excluding carboxylic acids is 1. The summed E-state index contributed by atoms with van der Waals surface area (Å²) in [4.78, 5) is 21.4. The third kappa shape index (κ3) is 3.79. The summed E-state index contributed by atoms with van der Waals surface area (Å²) >= 11 is 0. The zero-order chi connectivity index (χ0) is 16.1. The number of nitrogens with one attached hydrogen (secondary N) is 1. The molecule has 0 bridgehead atoms. The average molecular weight is 299 g/mol. The van der Waals surface area contributed by atoms with Crippen LogP contribution in [-0.4, -0.2) is 41.4 Å². The number of hydrogen-bond donors (Lipinski definition) is 2. The Labute approximate surface area is 130 Å². The van der Waals surface area contributed by atoms with E-state index in [1.807, 2.05) is 26.2 Å². The van der Waals surface area contributed by atoms with E-state index in [0.717, 1.165) is 0 Å². The minimum absolute atomic E-state index is 0.155. The van der Waals surface area contributed by atoms with E-state index in [1.165, 1.54) is 17.3 Å². The summed E-state index contributed by atoms with van der Waals surface area (Å²) in [5.41, 5.74) is 7.86. The minimum Gasteiger partial charge on any atom is -0.367 e. The fraction of sp³-hybridized carbons (Fsp3) is 0.312. The van der Waals surface area contributed by atoms with Crippen LogP contribution in [0.3, 0.4) is 0 Å². The van der Waals surface area contributed by atoms with Crippen LogP contribution < -0.4 is 11.1 Å². The maximum absolute atomic E-state index is 11.1. The summed E-state index contributed by atoms with van der Waals surface area (Å²) in [6.07, 6.45) is 2.94. The largest absolute Gasteiger partial charge is 0.367 e. The van der Waals surface area contributed by atoms with E-state index >= 15 is 0 Å². The van der Waals surface area contributed by atoms with Crippen molar-refractivity contribution in [2.45, 2.75) is 13.0 Å². The van der Waals surface area contributed by atoms with Crippen molar-refractivity contribution in [2.24, 2.45) is 5.73 Å².